The van der Waals surface area contributed by atoms with Gasteiger partial charge in [-0.2, -0.15) is 0 Å². The average Bonchev–Trinajstić information content (AvgIpc) is 3.17. The lowest BCUT2D eigenvalue weighted by Crippen LogP contribution is -2.44. The number of nitrogens with one attached hydrogen (secondary N) is 2. The van der Waals surface area contributed by atoms with Crippen molar-refractivity contribution < 1.29 is 18.7 Å². The van der Waals surface area contributed by atoms with Gasteiger partial charge in [-0.15, -0.1) is 0 Å². The number of hydrogen-bond acceptors (Lipinski definition) is 5. The van der Waals surface area contributed by atoms with E-state index in [0.717, 1.165) is 30.9 Å². The highest BCUT2D eigenvalue weighted by atomic mass is 16.5. The molecular weight excluding hydrogens is 358 g/mol. The summed E-state index contributed by atoms with van der Waals surface area (Å²) in [5, 5.41) is 5.64. The number of hydrogen-bond donors (Lipinski definition) is 2. The Labute approximate surface area is 165 Å². The van der Waals surface area contributed by atoms with Gasteiger partial charge in [0.2, 0.25) is 5.91 Å². The van der Waals surface area contributed by atoms with E-state index < -0.39 is 0 Å². The van der Waals surface area contributed by atoms with E-state index in [0.29, 0.717) is 0 Å². The lowest BCUT2D eigenvalue weighted by Gasteiger charge is -2.35. The van der Waals surface area contributed by atoms with Gasteiger partial charge in [0.05, 0.1) is 18.5 Å². The SMILES string of the molecule is CC1CN(Cc2ccccc2NC(=O)CCNC(=O)c2ccco2)CC(C)O1. The summed E-state index contributed by atoms with van der Waals surface area (Å²) in [5.41, 5.74) is 1.87. The summed E-state index contributed by atoms with van der Waals surface area (Å²) >= 11 is 0. The Bertz CT molecular complexity index is 781. The van der Waals surface area contributed by atoms with Gasteiger partial charge in [-0.1, -0.05) is 18.2 Å². The number of anilines is 1. The second-order valence-electron chi connectivity index (χ2n) is 7.14. The fourth-order valence-electron chi connectivity index (χ4n) is 3.43. The number of amides is 2. The van der Waals surface area contributed by atoms with Crippen LogP contribution in [-0.2, 0) is 16.1 Å². The fraction of sp³-hybridized carbons (Fsp3) is 0.429. The maximum atomic E-state index is 12.3. The second kappa shape index (κ2) is 9.52. The van der Waals surface area contributed by atoms with Gasteiger partial charge in [0.25, 0.3) is 5.91 Å². The summed E-state index contributed by atoms with van der Waals surface area (Å²) in [6.07, 6.45) is 2.02. The molecule has 7 heteroatoms. The van der Waals surface area contributed by atoms with Crippen molar-refractivity contribution >= 4 is 17.5 Å². The van der Waals surface area contributed by atoms with E-state index in [2.05, 4.69) is 29.4 Å². The minimum absolute atomic E-state index is 0.143. The highest BCUT2D eigenvalue weighted by molar-refractivity contribution is 5.93. The minimum Gasteiger partial charge on any atom is -0.459 e. The van der Waals surface area contributed by atoms with E-state index in [-0.39, 0.29) is 42.7 Å². The first-order valence-electron chi connectivity index (χ1n) is 9.58. The zero-order valence-electron chi connectivity index (χ0n) is 16.3. The van der Waals surface area contributed by atoms with Crippen molar-refractivity contribution in [3.8, 4) is 0 Å². The molecule has 7 nitrogen and oxygen atoms in total. The molecule has 0 saturated carbocycles. The lowest BCUT2D eigenvalue weighted by molar-refractivity contribution is -0.116. The van der Waals surface area contributed by atoms with Crippen molar-refractivity contribution in [1.29, 1.82) is 0 Å². The number of nitrogens with zero attached hydrogens (tertiary/aromatic N) is 1. The Morgan fingerprint density at radius 1 is 1.11 bits per heavy atom. The lowest BCUT2D eigenvalue weighted by atomic mass is 10.1. The monoisotopic (exact) mass is 385 g/mol. The Kier molecular flexibility index (Phi) is 6.84. The molecule has 150 valence electrons. The van der Waals surface area contributed by atoms with Crippen LogP contribution in [0.15, 0.2) is 47.1 Å². The summed E-state index contributed by atoms with van der Waals surface area (Å²) < 4.78 is 10.8. The summed E-state index contributed by atoms with van der Waals surface area (Å²) in [4.78, 5) is 26.5. The van der Waals surface area contributed by atoms with Gasteiger partial charge < -0.3 is 19.8 Å². The van der Waals surface area contributed by atoms with Crippen LogP contribution in [0.25, 0.3) is 0 Å². The molecule has 1 aliphatic rings. The molecule has 2 aromatic rings. The molecule has 2 unspecified atom stereocenters. The van der Waals surface area contributed by atoms with E-state index in [4.69, 9.17) is 9.15 Å². The van der Waals surface area contributed by atoms with E-state index in [9.17, 15) is 9.59 Å². The van der Waals surface area contributed by atoms with Crippen molar-refractivity contribution in [1.82, 2.24) is 10.2 Å². The van der Waals surface area contributed by atoms with Gasteiger partial charge in [0.1, 0.15) is 0 Å². The first-order chi connectivity index (χ1) is 13.5. The van der Waals surface area contributed by atoms with Gasteiger partial charge in [-0.3, -0.25) is 14.5 Å². The molecule has 1 aliphatic heterocycles. The Morgan fingerprint density at radius 3 is 2.57 bits per heavy atom. The number of rotatable bonds is 7. The molecule has 28 heavy (non-hydrogen) atoms. The van der Waals surface area contributed by atoms with Crippen LogP contribution in [0.4, 0.5) is 5.69 Å². The summed E-state index contributed by atoms with van der Waals surface area (Å²) in [6, 6.07) is 11.0. The third-order valence-electron chi connectivity index (χ3n) is 4.56. The molecule has 2 N–H and O–H groups in total. The van der Waals surface area contributed by atoms with E-state index in [1.54, 1.807) is 12.1 Å². The molecule has 0 spiro atoms. The van der Waals surface area contributed by atoms with E-state index in [1.807, 2.05) is 24.3 Å². The molecule has 3 rings (SSSR count). The second-order valence-corrected chi connectivity index (χ2v) is 7.14. The number of benzene rings is 1. The number of ether oxygens (including phenoxy) is 1. The van der Waals surface area contributed by atoms with Crippen LogP contribution < -0.4 is 10.6 Å². The molecule has 0 radical (unpaired) electrons. The molecule has 2 heterocycles. The summed E-state index contributed by atoms with van der Waals surface area (Å²) in [6.45, 7) is 6.88. The Morgan fingerprint density at radius 2 is 1.86 bits per heavy atom. The average molecular weight is 385 g/mol. The van der Waals surface area contributed by atoms with Gasteiger partial charge in [0, 0.05) is 38.3 Å². The molecular formula is C21H27N3O4. The zero-order valence-corrected chi connectivity index (χ0v) is 16.3. The largest absolute Gasteiger partial charge is 0.459 e. The van der Waals surface area contributed by atoms with Crippen LogP contribution in [0, 0.1) is 0 Å². The maximum Gasteiger partial charge on any atom is 0.286 e. The summed E-state index contributed by atoms with van der Waals surface area (Å²) in [7, 11) is 0. The molecule has 2 atom stereocenters. The Hall–Kier alpha value is -2.64. The van der Waals surface area contributed by atoms with Crippen molar-refractivity contribution in [3.63, 3.8) is 0 Å². The van der Waals surface area contributed by atoms with Crippen molar-refractivity contribution in [3.05, 3.63) is 54.0 Å². The van der Waals surface area contributed by atoms with Crippen LogP contribution in [0.2, 0.25) is 0 Å². The normalized spacial score (nSPS) is 19.9. The first-order valence-corrected chi connectivity index (χ1v) is 9.58. The molecule has 2 amide bonds. The standard InChI is InChI=1S/C21H27N3O4/c1-15-12-24(13-16(2)28-15)14-17-6-3-4-7-18(17)23-20(25)9-10-22-21(26)19-8-5-11-27-19/h3-8,11,15-16H,9-10,12-14H2,1-2H3,(H,22,26)(H,23,25). The van der Waals surface area contributed by atoms with Crippen molar-refractivity contribution in [2.75, 3.05) is 25.0 Å². The van der Waals surface area contributed by atoms with Crippen LogP contribution in [0.5, 0.6) is 0 Å². The molecule has 0 aliphatic carbocycles. The number of carbonyl (C=O) groups is 2. The van der Waals surface area contributed by atoms with Crippen LogP contribution in [0.3, 0.4) is 0 Å². The van der Waals surface area contributed by atoms with E-state index in [1.165, 1.54) is 6.26 Å². The number of morpholine rings is 1. The Balaban J connectivity index is 1.51. The molecule has 0 bridgehead atoms. The molecule has 1 aromatic heterocycles. The van der Waals surface area contributed by atoms with E-state index >= 15 is 0 Å². The van der Waals surface area contributed by atoms with Gasteiger partial charge in [-0.05, 0) is 37.6 Å². The minimum atomic E-state index is -0.325. The topological polar surface area (TPSA) is 83.8 Å². The van der Waals surface area contributed by atoms with Crippen LogP contribution >= 0.6 is 0 Å². The van der Waals surface area contributed by atoms with Crippen molar-refractivity contribution in [2.45, 2.75) is 39.0 Å². The third kappa shape index (κ3) is 5.68. The molecule has 1 saturated heterocycles. The predicted molar refractivity (Wildman–Crippen MR) is 106 cm³/mol. The smallest absolute Gasteiger partial charge is 0.286 e. The first kappa shape index (κ1) is 20.1. The predicted octanol–water partition coefficient (Wildman–Crippen LogP) is 2.65. The van der Waals surface area contributed by atoms with Gasteiger partial charge in [-0.25, -0.2) is 0 Å². The highest BCUT2D eigenvalue weighted by Gasteiger charge is 2.22. The van der Waals surface area contributed by atoms with Crippen molar-refractivity contribution in [2.24, 2.45) is 0 Å². The summed E-state index contributed by atoms with van der Waals surface area (Å²) in [5.74, 6) is -0.232. The van der Waals surface area contributed by atoms with Crippen LogP contribution in [0.1, 0.15) is 36.4 Å². The van der Waals surface area contributed by atoms with Gasteiger partial charge in [0.15, 0.2) is 5.76 Å². The highest BCUT2D eigenvalue weighted by Crippen LogP contribution is 2.20. The molecule has 1 fully saturated rings. The third-order valence-corrected chi connectivity index (χ3v) is 4.56. The maximum absolute atomic E-state index is 12.3. The van der Waals surface area contributed by atoms with Crippen LogP contribution in [-0.4, -0.2) is 48.6 Å². The number of para-hydroxylation sites is 1. The quantitative estimate of drug-likeness (QED) is 0.766. The zero-order chi connectivity index (χ0) is 19.9. The fourth-order valence-corrected chi connectivity index (χ4v) is 3.43. The number of carbonyl (C=O) groups excluding carboxylic acids is 2. The van der Waals surface area contributed by atoms with Gasteiger partial charge >= 0.3 is 0 Å². The number of furan rings is 1. The molecule has 1 aromatic carbocycles.